The average Bonchev–Trinajstić information content (AvgIpc) is 2.48. The normalized spacial score (nSPS) is 18.9. The molecule has 1 aromatic carbocycles. The molecule has 1 N–H and O–H groups in total. The van der Waals surface area contributed by atoms with Crippen molar-refractivity contribution in [3.8, 4) is 6.07 Å². The molecule has 108 valence electrons. The van der Waals surface area contributed by atoms with Gasteiger partial charge in [0.1, 0.15) is 0 Å². The van der Waals surface area contributed by atoms with Gasteiger partial charge in [-0.25, -0.2) is 0 Å². The van der Waals surface area contributed by atoms with E-state index < -0.39 is 6.10 Å². The Labute approximate surface area is 121 Å². The van der Waals surface area contributed by atoms with Crippen molar-refractivity contribution in [2.24, 2.45) is 0 Å². The van der Waals surface area contributed by atoms with Crippen LogP contribution < -0.4 is 0 Å². The molecule has 0 radical (unpaired) electrons. The summed E-state index contributed by atoms with van der Waals surface area (Å²) in [6.07, 6.45) is 1.85. The Kier molecular flexibility index (Phi) is 5.13. The van der Waals surface area contributed by atoms with Gasteiger partial charge in [0.05, 0.1) is 17.7 Å². The van der Waals surface area contributed by atoms with E-state index in [-0.39, 0.29) is 0 Å². The van der Waals surface area contributed by atoms with Crippen LogP contribution in [0.5, 0.6) is 0 Å². The number of β-amino-alcohol motifs (C(OH)–C–C–N with tert-alkyl or cyclic N) is 1. The van der Waals surface area contributed by atoms with E-state index in [4.69, 9.17) is 5.26 Å². The molecule has 1 aromatic rings. The average molecular weight is 273 g/mol. The zero-order valence-electron chi connectivity index (χ0n) is 12.3. The predicted molar refractivity (Wildman–Crippen MR) is 79.3 cm³/mol. The highest BCUT2D eigenvalue weighted by molar-refractivity contribution is 5.32. The Morgan fingerprint density at radius 2 is 1.90 bits per heavy atom. The van der Waals surface area contributed by atoms with Gasteiger partial charge in [0, 0.05) is 12.6 Å². The van der Waals surface area contributed by atoms with Crippen LogP contribution in [0.1, 0.15) is 30.1 Å². The van der Waals surface area contributed by atoms with E-state index in [2.05, 4.69) is 30.0 Å². The molecule has 20 heavy (non-hydrogen) atoms. The summed E-state index contributed by atoms with van der Waals surface area (Å²) >= 11 is 0. The molecule has 1 aliphatic heterocycles. The van der Waals surface area contributed by atoms with Gasteiger partial charge in [-0.15, -0.1) is 0 Å². The minimum atomic E-state index is -0.473. The van der Waals surface area contributed by atoms with E-state index in [0.29, 0.717) is 18.2 Å². The molecule has 0 spiro atoms. The van der Waals surface area contributed by atoms with E-state index in [9.17, 15) is 5.11 Å². The molecule has 2 rings (SSSR count). The minimum absolute atomic E-state index is 0.473. The van der Waals surface area contributed by atoms with Crippen LogP contribution >= 0.6 is 0 Å². The number of likely N-dealkylation sites (tertiary alicyclic amines) is 1. The van der Waals surface area contributed by atoms with Crippen LogP contribution in [0.2, 0.25) is 0 Å². The number of nitrogens with zero attached hydrogens (tertiary/aromatic N) is 3. The van der Waals surface area contributed by atoms with Crippen molar-refractivity contribution in [3.05, 3.63) is 35.4 Å². The first-order chi connectivity index (χ1) is 9.60. The molecule has 1 unspecified atom stereocenters. The lowest BCUT2D eigenvalue weighted by Gasteiger charge is -2.36. The summed E-state index contributed by atoms with van der Waals surface area (Å²) in [5.41, 5.74) is 1.52. The van der Waals surface area contributed by atoms with Crippen LogP contribution in [0.3, 0.4) is 0 Å². The third kappa shape index (κ3) is 3.80. The molecular formula is C16H23N3O. The molecule has 0 aliphatic carbocycles. The summed E-state index contributed by atoms with van der Waals surface area (Å²) in [4.78, 5) is 4.61. The maximum absolute atomic E-state index is 10.3. The predicted octanol–water partition coefficient (Wildman–Crippen LogP) is 1.62. The van der Waals surface area contributed by atoms with Crippen molar-refractivity contribution < 1.29 is 5.11 Å². The van der Waals surface area contributed by atoms with E-state index in [0.717, 1.165) is 31.5 Å². The molecule has 0 bridgehead atoms. The summed E-state index contributed by atoms with van der Waals surface area (Å²) in [6.45, 7) is 2.75. The fourth-order valence-corrected chi connectivity index (χ4v) is 2.75. The van der Waals surface area contributed by atoms with Gasteiger partial charge in [-0.1, -0.05) is 12.1 Å². The Hall–Kier alpha value is -1.41. The molecule has 4 nitrogen and oxygen atoms in total. The van der Waals surface area contributed by atoms with Gasteiger partial charge in [0.25, 0.3) is 0 Å². The molecule has 1 saturated heterocycles. The minimum Gasteiger partial charge on any atom is -0.387 e. The van der Waals surface area contributed by atoms with E-state index in [1.165, 1.54) is 0 Å². The fourth-order valence-electron chi connectivity index (χ4n) is 2.75. The second kappa shape index (κ2) is 6.85. The number of hydrogen-bond donors (Lipinski definition) is 1. The van der Waals surface area contributed by atoms with Gasteiger partial charge in [-0.2, -0.15) is 5.26 Å². The Morgan fingerprint density at radius 1 is 1.30 bits per heavy atom. The van der Waals surface area contributed by atoms with Gasteiger partial charge in [-0.3, -0.25) is 0 Å². The van der Waals surface area contributed by atoms with E-state index in [1.54, 1.807) is 12.1 Å². The van der Waals surface area contributed by atoms with Crippen LogP contribution in [0.25, 0.3) is 0 Å². The van der Waals surface area contributed by atoms with E-state index in [1.807, 2.05) is 12.1 Å². The topological polar surface area (TPSA) is 50.5 Å². The molecule has 0 aromatic heterocycles. The maximum atomic E-state index is 10.3. The summed E-state index contributed by atoms with van der Waals surface area (Å²) in [6, 6.07) is 9.97. The molecule has 0 saturated carbocycles. The molecule has 0 amide bonds. The van der Waals surface area contributed by atoms with Crippen molar-refractivity contribution in [3.63, 3.8) is 0 Å². The lowest BCUT2D eigenvalue weighted by Crippen LogP contribution is -2.43. The first kappa shape index (κ1) is 15.0. The number of piperidine rings is 1. The van der Waals surface area contributed by atoms with Gasteiger partial charge in [-0.05, 0) is 57.7 Å². The standard InChI is InChI=1S/C16H23N3O/c1-18(2)15-7-9-19(10-8-15)12-16(20)14-5-3-13(11-17)4-6-14/h3-6,15-16,20H,7-10,12H2,1-2H3. The highest BCUT2D eigenvalue weighted by Crippen LogP contribution is 2.19. The number of aliphatic hydroxyl groups is 1. The lowest BCUT2D eigenvalue weighted by atomic mass is 10.0. The second-order valence-electron chi connectivity index (χ2n) is 5.75. The molecule has 1 atom stereocenters. The highest BCUT2D eigenvalue weighted by Gasteiger charge is 2.22. The van der Waals surface area contributed by atoms with Crippen molar-refractivity contribution in [2.45, 2.75) is 25.0 Å². The van der Waals surface area contributed by atoms with Crippen molar-refractivity contribution in [1.82, 2.24) is 9.80 Å². The van der Waals surface area contributed by atoms with Crippen LogP contribution in [0.4, 0.5) is 0 Å². The van der Waals surface area contributed by atoms with Crippen LogP contribution in [-0.4, -0.2) is 54.7 Å². The van der Waals surface area contributed by atoms with Gasteiger partial charge < -0.3 is 14.9 Å². The molecule has 4 heteroatoms. The Bertz CT molecular complexity index is 456. The number of benzene rings is 1. The van der Waals surface area contributed by atoms with Gasteiger partial charge >= 0.3 is 0 Å². The number of hydrogen-bond acceptors (Lipinski definition) is 4. The first-order valence-electron chi connectivity index (χ1n) is 7.17. The monoisotopic (exact) mass is 273 g/mol. The van der Waals surface area contributed by atoms with Crippen molar-refractivity contribution in [1.29, 1.82) is 5.26 Å². The molecule has 1 fully saturated rings. The SMILES string of the molecule is CN(C)C1CCN(CC(O)c2ccc(C#N)cc2)CC1. The summed E-state index contributed by atoms with van der Waals surface area (Å²) < 4.78 is 0. The second-order valence-corrected chi connectivity index (χ2v) is 5.75. The molecular weight excluding hydrogens is 250 g/mol. The Balaban J connectivity index is 1.86. The fraction of sp³-hybridized carbons (Fsp3) is 0.562. The van der Waals surface area contributed by atoms with Crippen LogP contribution in [0.15, 0.2) is 24.3 Å². The zero-order chi connectivity index (χ0) is 14.5. The molecule has 1 heterocycles. The van der Waals surface area contributed by atoms with Crippen LogP contribution in [-0.2, 0) is 0 Å². The van der Waals surface area contributed by atoms with Gasteiger partial charge in [0.15, 0.2) is 0 Å². The number of rotatable bonds is 4. The first-order valence-corrected chi connectivity index (χ1v) is 7.17. The zero-order valence-corrected chi connectivity index (χ0v) is 12.3. The number of nitriles is 1. The smallest absolute Gasteiger partial charge is 0.0991 e. The third-order valence-corrected chi connectivity index (χ3v) is 4.14. The van der Waals surface area contributed by atoms with Crippen molar-refractivity contribution in [2.75, 3.05) is 33.7 Å². The van der Waals surface area contributed by atoms with Gasteiger partial charge in [0.2, 0.25) is 0 Å². The largest absolute Gasteiger partial charge is 0.387 e. The third-order valence-electron chi connectivity index (χ3n) is 4.14. The quantitative estimate of drug-likeness (QED) is 0.905. The van der Waals surface area contributed by atoms with Crippen molar-refractivity contribution >= 4 is 0 Å². The maximum Gasteiger partial charge on any atom is 0.0991 e. The summed E-state index contributed by atoms with van der Waals surface area (Å²) in [7, 11) is 4.26. The highest BCUT2D eigenvalue weighted by atomic mass is 16.3. The lowest BCUT2D eigenvalue weighted by molar-refractivity contribution is 0.0798. The number of aliphatic hydroxyl groups excluding tert-OH is 1. The van der Waals surface area contributed by atoms with Crippen LogP contribution in [0, 0.1) is 11.3 Å². The summed E-state index contributed by atoms with van der Waals surface area (Å²) in [5.74, 6) is 0. The summed E-state index contributed by atoms with van der Waals surface area (Å²) in [5, 5.41) is 19.0. The Morgan fingerprint density at radius 3 is 2.40 bits per heavy atom. The molecule has 1 aliphatic rings. The van der Waals surface area contributed by atoms with E-state index >= 15 is 0 Å².